The molecular weight excluding hydrogens is 555 g/mol. The number of amides is 1. The van der Waals surface area contributed by atoms with Gasteiger partial charge in [0.15, 0.2) is 11.9 Å². The second-order valence-electron chi connectivity index (χ2n) is 7.66. The van der Waals surface area contributed by atoms with Crippen molar-refractivity contribution in [1.29, 1.82) is 0 Å². The highest BCUT2D eigenvalue weighted by molar-refractivity contribution is 7.66. The van der Waals surface area contributed by atoms with Crippen LogP contribution in [-0.4, -0.2) is 79.9 Å². The number of aromatic nitrogens is 4. The molecule has 4 rings (SSSR count). The second kappa shape index (κ2) is 9.11. The molecule has 6 atom stereocenters. The highest BCUT2D eigenvalue weighted by Crippen LogP contribution is 2.66. The molecule has 19 nitrogen and oxygen atoms in total. The lowest BCUT2D eigenvalue weighted by Crippen LogP contribution is -2.44. The molecule has 2 aliphatic heterocycles. The minimum Gasteiger partial charge on any atom is -0.387 e. The van der Waals surface area contributed by atoms with Crippen molar-refractivity contribution in [3.63, 3.8) is 0 Å². The van der Waals surface area contributed by atoms with Gasteiger partial charge in [-0.2, -0.15) is 13.7 Å². The van der Waals surface area contributed by atoms with E-state index in [1.165, 1.54) is 12.2 Å². The Bertz CT molecular complexity index is 1390. The van der Waals surface area contributed by atoms with E-state index in [0.29, 0.717) is 5.39 Å². The summed E-state index contributed by atoms with van der Waals surface area (Å²) in [5.74, 6) is -0.343. The Hall–Kier alpha value is -1.95. The van der Waals surface area contributed by atoms with Crippen LogP contribution in [0.1, 0.15) is 18.8 Å². The van der Waals surface area contributed by atoms with Crippen LogP contribution in [0.15, 0.2) is 12.4 Å². The summed E-state index contributed by atoms with van der Waals surface area (Å²) in [4.78, 5) is 55.9. The van der Waals surface area contributed by atoms with Crippen LogP contribution in [0.5, 0.6) is 0 Å². The Morgan fingerprint density at radius 1 is 1.14 bits per heavy atom. The van der Waals surface area contributed by atoms with E-state index in [9.17, 15) is 38.5 Å². The fourth-order valence-electron chi connectivity index (χ4n) is 3.49. The van der Waals surface area contributed by atoms with E-state index >= 15 is 0 Å². The minimum atomic E-state index is -5.75. The Kier molecular flexibility index (Phi) is 6.86. The highest BCUT2D eigenvalue weighted by Gasteiger charge is 2.55. The zero-order valence-electron chi connectivity index (χ0n) is 17.8. The first-order valence-electron chi connectivity index (χ1n) is 9.56. The normalized spacial score (nSPS) is 29.5. The maximum Gasteiger partial charge on any atom is 0.490 e. The van der Waals surface area contributed by atoms with Crippen molar-refractivity contribution >= 4 is 52.3 Å². The second-order valence-corrected chi connectivity index (χ2v) is 12.1. The third-order valence-electron chi connectivity index (χ3n) is 4.94. The number of carbonyl (C=O) groups is 1. The first kappa shape index (κ1) is 27.1. The summed E-state index contributed by atoms with van der Waals surface area (Å²) < 4.78 is 52.6. The van der Waals surface area contributed by atoms with Gasteiger partial charge in [0.05, 0.1) is 17.7 Å². The number of nitrogens with one attached hydrogen (secondary N) is 1. The molecule has 2 unspecified atom stereocenters. The van der Waals surface area contributed by atoms with Gasteiger partial charge in [0.1, 0.15) is 30.0 Å². The molecule has 7 N–H and O–H groups in total. The Morgan fingerprint density at radius 2 is 1.83 bits per heavy atom. The van der Waals surface area contributed by atoms with Gasteiger partial charge < -0.3 is 39.8 Å². The van der Waals surface area contributed by atoms with Gasteiger partial charge in [0, 0.05) is 6.08 Å². The molecule has 0 bridgehead atoms. The molecule has 2 aromatic heterocycles. The number of aliphatic hydroxyl groups is 2. The van der Waals surface area contributed by atoms with Crippen molar-refractivity contribution in [3.05, 3.63) is 18.1 Å². The molecule has 1 saturated heterocycles. The quantitative estimate of drug-likeness (QED) is 0.189. The largest absolute Gasteiger partial charge is 0.490 e. The van der Waals surface area contributed by atoms with Gasteiger partial charge >= 0.3 is 23.5 Å². The maximum absolute atomic E-state index is 12.0. The molecule has 2 aliphatic rings. The molecule has 36 heavy (non-hydrogen) atoms. The predicted octanol–water partition coefficient (Wildman–Crippen LogP) is -0.856. The van der Waals surface area contributed by atoms with Crippen LogP contribution in [0.25, 0.3) is 17.1 Å². The number of hydrogen-bond acceptors (Lipinski definition) is 13. The molecule has 1 fully saturated rings. The van der Waals surface area contributed by atoms with E-state index < -0.39 is 60.0 Å². The summed E-state index contributed by atoms with van der Waals surface area (Å²) in [5, 5.41) is 28.6. The first-order valence-corrected chi connectivity index (χ1v) is 14.1. The molecular formula is C14H18N5O14P3. The van der Waals surface area contributed by atoms with Crippen molar-refractivity contribution in [3.8, 4) is 0 Å². The van der Waals surface area contributed by atoms with Crippen LogP contribution in [0, 0.1) is 0 Å². The average Bonchev–Trinajstić information content (AvgIpc) is 3.11. The van der Waals surface area contributed by atoms with Gasteiger partial charge in [-0.25, -0.2) is 28.3 Å². The zero-order chi connectivity index (χ0) is 26.7. The van der Waals surface area contributed by atoms with Gasteiger partial charge in [-0.05, 0) is 13.0 Å². The molecule has 0 saturated carbocycles. The number of hydrogen-bond donors (Lipinski definition) is 7. The van der Waals surface area contributed by atoms with Gasteiger partial charge in [0.2, 0.25) is 5.91 Å². The number of phosphoric acid groups is 3. The van der Waals surface area contributed by atoms with E-state index in [0.717, 1.165) is 17.9 Å². The molecule has 1 amide bonds. The standard InChI is InChI=1S/C14H18N5O14P3/c1-14(22)10(21)7(4-30-35(26,27)33-36(28,29)32-34(23,24)25)31-13(14)19-12-9-6(18-19)2-3-8(20)17-11(9)15-5-16-12/h2-3,5,7,10,13,21-22H,4H2,1H3,(H,26,27)(H,28,29)(H2,23,24,25)(H,15,16,17,20)/t7-,10-,13-,14-/m1/s1. The van der Waals surface area contributed by atoms with E-state index in [2.05, 4.69) is 33.5 Å². The van der Waals surface area contributed by atoms with Crippen molar-refractivity contribution in [1.82, 2.24) is 19.7 Å². The SMILES string of the molecule is C[C@@]1(O)[C@H](O)[C@@H](COP(=O)(O)OP(=O)(O)OP(=O)(O)O)O[C@H]1n1nc2c3c(ncnc31)NC(=O)C=C2. The lowest BCUT2D eigenvalue weighted by molar-refractivity contribution is -0.111. The average molecular weight is 573 g/mol. The molecule has 0 spiro atoms. The van der Waals surface area contributed by atoms with Crippen LogP contribution < -0.4 is 5.32 Å². The molecule has 0 aromatic carbocycles. The number of nitrogens with zero attached hydrogens (tertiary/aromatic N) is 4. The van der Waals surface area contributed by atoms with Gasteiger partial charge in [-0.3, -0.25) is 9.32 Å². The lowest BCUT2D eigenvalue weighted by Gasteiger charge is -2.26. The number of ether oxygens (including phenoxy) is 1. The summed E-state index contributed by atoms with van der Waals surface area (Å²) in [7, 11) is -16.8. The smallest absolute Gasteiger partial charge is 0.387 e. The summed E-state index contributed by atoms with van der Waals surface area (Å²) in [6, 6.07) is 0. The number of phosphoric ester groups is 1. The van der Waals surface area contributed by atoms with Crippen LogP contribution in [-0.2, 0) is 36.4 Å². The van der Waals surface area contributed by atoms with Gasteiger partial charge in [-0.15, -0.1) is 0 Å². The number of carbonyl (C=O) groups excluding carboxylic acids is 1. The molecule has 22 heteroatoms. The van der Waals surface area contributed by atoms with Crippen molar-refractivity contribution < 1.29 is 66.2 Å². The topological polar surface area (TPSA) is 282 Å². The van der Waals surface area contributed by atoms with E-state index in [1.807, 2.05) is 0 Å². The van der Waals surface area contributed by atoms with E-state index in [-0.39, 0.29) is 17.2 Å². The van der Waals surface area contributed by atoms with Crippen LogP contribution in [0.2, 0.25) is 0 Å². The highest BCUT2D eigenvalue weighted by atomic mass is 31.3. The fourth-order valence-corrected chi connectivity index (χ4v) is 6.52. The van der Waals surface area contributed by atoms with Crippen LogP contribution in [0.3, 0.4) is 0 Å². The minimum absolute atomic E-state index is 0.0906. The van der Waals surface area contributed by atoms with E-state index in [1.54, 1.807) is 0 Å². The van der Waals surface area contributed by atoms with Crippen molar-refractivity contribution in [2.75, 3.05) is 11.9 Å². The fraction of sp³-hybridized carbons (Fsp3) is 0.429. The molecule has 4 heterocycles. The van der Waals surface area contributed by atoms with Crippen LogP contribution in [0.4, 0.5) is 5.82 Å². The monoisotopic (exact) mass is 573 g/mol. The van der Waals surface area contributed by atoms with Crippen LogP contribution >= 0.6 is 23.5 Å². The Labute approximate surface area is 199 Å². The molecule has 198 valence electrons. The lowest BCUT2D eigenvalue weighted by atomic mass is 9.97. The predicted molar refractivity (Wildman–Crippen MR) is 113 cm³/mol. The first-order chi connectivity index (χ1) is 16.5. The summed E-state index contributed by atoms with van der Waals surface area (Å²) in [6.45, 7) is 0.145. The Morgan fingerprint density at radius 3 is 2.50 bits per heavy atom. The van der Waals surface area contributed by atoms with E-state index in [4.69, 9.17) is 14.5 Å². The zero-order valence-corrected chi connectivity index (χ0v) is 20.4. The van der Waals surface area contributed by atoms with Gasteiger partial charge in [0.25, 0.3) is 0 Å². The van der Waals surface area contributed by atoms with Crippen molar-refractivity contribution in [2.24, 2.45) is 0 Å². The summed E-state index contributed by atoms with van der Waals surface area (Å²) in [6.07, 6.45) is -1.16. The summed E-state index contributed by atoms with van der Waals surface area (Å²) in [5.41, 5.74) is -1.79. The Balaban J connectivity index is 1.56. The molecule has 2 aromatic rings. The molecule has 0 aliphatic carbocycles. The molecule has 0 radical (unpaired) electrons. The summed E-state index contributed by atoms with van der Waals surface area (Å²) >= 11 is 0. The number of rotatable bonds is 8. The third-order valence-corrected chi connectivity index (χ3v) is 8.75. The third kappa shape index (κ3) is 5.49. The maximum atomic E-state index is 12.0. The number of aliphatic hydroxyl groups excluding tert-OH is 1. The van der Waals surface area contributed by atoms with Gasteiger partial charge in [-0.1, -0.05) is 0 Å². The number of anilines is 1. The van der Waals surface area contributed by atoms with Crippen molar-refractivity contribution in [2.45, 2.75) is 31.0 Å².